The maximum absolute atomic E-state index is 13.5. The van der Waals surface area contributed by atoms with Crippen molar-refractivity contribution in [3.8, 4) is 6.07 Å². The van der Waals surface area contributed by atoms with Crippen LogP contribution < -0.4 is 4.90 Å². The summed E-state index contributed by atoms with van der Waals surface area (Å²) in [5.41, 5.74) is 2.67. The number of rotatable bonds is 6. The Kier molecular flexibility index (Phi) is 6.70. The summed E-state index contributed by atoms with van der Waals surface area (Å²) in [6.07, 6.45) is 3.48. The van der Waals surface area contributed by atoms with E-state index in [1.54, 1.807) is 52.1 Å². The first kappa shape index (κ1) is 23.2. The van der Waals surface area contributed by atoms with Crippen LogP contribution >= 0.6 is 15.9 Å². The first-order chi connectivity index (χ1) is 14.5. The average Bonchev–Trinajstić information content (AvgIpc) is 3.10. The van der Waals surface area contributed by atoms with Gasteiger partial charge in [0.1, 0.15) is 0 Å². The van der Waals surface area contributed by atoms with Gasteiger partial charge in [-0.05, 0) is 70.5 Å². The third-order valence-corrected chi connectivity index (χ3v) is 11.0. The van der Waals surface area contributed by atoms with Crippen LogP contribution in [0.2, 0.25) is 18.1 Å². The summed E-state index contributed by atoms with van der Waals surface area (Å²) in [4.78, 5) is 15.2. The molecule has 0 aliphatic carbocycles. The molecule has 8 heteroatoms. The van der Waals surface area contributed by atoms with Crippen molar-refractivity contribution in [2.75, 3.05) is 18.1 Å². The molecule has 2 heterocycles. The SMILES string of the molecule is CC(C)(C)[Si](C)(C)OCCN(C(=O)c1ccn2ncc(Br)c2c1)c1ccc(C#N)cc1. The zero-order valence-corrected chi connectivity index (χ0v) is 21.1. The number of halogens is 1. The van der Waals surface area contributed by atoms with Gasteiger partial charge in [-0.3, -0.25) is 4.79 Å². The van der Waals surface area contributed by atoms with Crippen LogP contribution in [0.1, 0.15) is 36.7 Å². The highest BCUT2D eigenvalue weighted by Gasteiger charge is 2.37. The van der Waals surface area contributed by atoms with E-state index in [1.807, 2.05) is 6.07 Å². The van der Waals surface area contributed by atoms with Gasteiger partial charge in [-0.2, -0.15) is 10.4 Å². The molecule has 0 atom stereocenters. The molecule has 0 radical (unpaired) electrons. The molecule has 0 aliphatic rings. The molecule has 1 amide bonds. The van der Waals surface area contributed by atoms with Gasteiger partial charge >= 0.3 is 0 Å². The number of pyridine rings is 1. The van der Waals surface area contributed by atoms with E-state index in [0.717, 1.165) is 15.7 Å². The number of nitriles is 1. The quantitative estimate of drug-likeness (QED) is 0.412. The molecule has 0 N–H and O–H groups in total. The van der Waals surface area contributed by atoms with E-state index in [0.29, 0.717) is 24.3 Å². The van der Waals surface area contributed by atoms with Crippen molar-refractivity contribution in [2.45, 2.75) is 38.9 Å². The molecule has 0 saturated heterocycles. The third kappa shape index (κ3) is 5.06. The van der Waals surface area contributed by atoms with Crippen LogP contribution in [-0.2, 0) is 4.43 Å². The number of amides is 1. The van der Waals surface area contributed by atoms with Crippen LogP contribution in [0.5, 0.6) is 0 Å². The topological polar surface area (TPSA) is 70.6 Å². The molecule has 162 valence electrons. The minimum atomic E-state index is -1.93. The fraction of sp³-hybridized carbons (Fsp3) is 0.348. The second-order valence-electron chi connectivity index (χ2n) is 8.96. The lowest BCUT2D eigenvalue weighted by atomic mass is 10.1. The van der Waals surface area contributed by atoms with E-state index in [-0.39, 0.29) is 10.9 Å². The molecule has 0 spiro atoms. The largest absolute Gasteiger partial charge is 0.415 e. The van der Waals surface area contributed by atoms with Crippen LogP contribution in [0.15, 0.2) is 53.3 Å². The molecule has 3 aromatic rings. The van der Waals surface area contributed by atoms with E-state index in [1.165, 1.54) is 0 Å². The minimum absolute atomic E-state index is 0.0929. The van der Waals surface area contributed by atoms with Crippen LogP contribution in [0.3, 0.4) is 0 Å². The molecule has 31 heavy (non-hydrogen) atoms. The number of carbonyl (C=O) groups is 1. The summed E-state index contributed by atoms with van der Waals surface area (Å²) in [6, 6.07) is 12.8. The molecule has 3 rings (SSSR count). The van der Waals surface area contributed by atoms with Gasteiger partial charge in [-0.1, -0.05) is 20.8 Å². The second-order valence-corrected chi connectivity index (χ2v) is 14.6. The molecule has 6 nitrogen and oxygen atoms in total. The first-order valence-corrected chi connectivity index (χ1v) is 13.8. The zero-order valence-electron chi connectivity index (χ0n) is 18.5. The number of fused-ring (bicyclic) bond motifs is 1. The monoisotopic (exact) mass is 498 g/mol. The molecule has 0 bridgehead atoms. The van der Waals surface area contributed by atoms with E-state index in [9.17, 15) is 4.79 Å². The summed E-state index contributed by atoms with van der Waals surface area (Å²) in [5.74, 6) is -0.126. The molecular weight excluding hydrogens is 472 g/mol. The van der Waals surface area contributed by atoms with Crippen molar-refractivity contribution in [3.05, 3.63) is 64.4 Å². The Morgan fingerprint density at radius 3 is 2.55 bits per heavy atom. The third-order valence-electron chi connectivity index (χ3n) is 5.86. The summed E-state index contributed by atoms with van der Waals surface area (Å²) in [5, 5.41) is 13.4. The Labute approximate surface area is 192 Å². The number of carbonyl (C=O) groups excluding carboxylic acids is 1. The van der Waals surface area contributed by atoms with Crippen molar-refractivity contribution in [2.24, 2.45) is 0 Å². The fourth-order valence-electron chi connectivity index (χ4n) is 2.91. The summed E-state index contributed by atoms with van der Waals surface area (Å²) in [6.45, 7) is 11.9. The maximum atomic E-state index is 13.5. The Bertz CT molecular complexity index is 1130. The molecule has 2 aromatic heterocycles. The number of hydrogen-bond acceptors (Lipinski definition) is 4. The van der Waals surface area contributed by atoms with Gasteiger partial charge in [-0.15, -0.1) is 0 Å². The standard InChI is InChI=1S/C23H27BrN4O2Si/c1-23(2,3)31(4,5)30-13-12-27(19-8-6-17(15-25)7-9-19)22(29)18-10-11-28-21(14-18)20(24)16-26-28/h6-11,14,16H,12-13H2,1-5H3. The fourth-order valence-corrected chi connectivity index (χ4v) is 4.33. The van der Waals surface area contributed by atoms with Gasteiger partial charge in [0.15, 0.2) is 8.32 Å². The van der Waals surface area contributed by atoms with E-state index >= 15 is 0 Å². The van der Waals surface area contributed by atoms with Crippen molar-refractivity contribution in [1.82, 2.24) is 9.61 Å². The average molecular weight is 499 g/mol. The second kappa shape index (κ2) is 8.95. The van der Waals surface area contributed by atoms with Gasteiger partial charge in [0, 0.05) is 24.0 Å². The van der Waals surface area contributed by atoms with Gasteiger partial charge in [-0.25, -0.2) is 4.52 Å². The van der Waals surface area contributed by atoms with E-state index in [2.05, 4.69) is 61.0 Å². The van der Waals surface area contributed by atoms with Crippen LogP contribution in [0.25, 0.3) is 5.52 Å². The number of aromatic nitrogens is 2. The molecular formula is C23H27BrN4O2Si. The van der Waals surface area contributed by atoms with Gasteiger partial charge in [0.05, 0.1) is 34.4 Å². The molecule has 0 saturated carbocycles. The van der Waals surface area contributed by atoms with Crippen LogP contribution in [-0.4, -0.2) is 37.0 Å². The smallest absolute Gasteiger partial charge is 0.258 e. The minimum Gasteiger partial charge on any atom is -0.415 e. The number of anilines is 1. The molecule has 0 unspecified atom stereocenters. The Hall–Kier alpha value is -2.47. The first-order valence-electron chi connectivity index (χ1n) is 10.1. The van der Waals surface area contributed by atoms with Crippen molar-refractivity contribution < 1.29 is 9.22 Å². The predicted octanol–water partition coefficient (Wildman–Crippen LogP) is 5.64. The lowest BCUT2D eigenvalue weighted by Gasteiger charge is -2.36. The highest BCUT2D eigenvalue weighted by molar-refractivity contribution is 9.10. The Balaban J connectivity index is 1.89. The van der Waals surface area contributed by atoms with Crippen LogP contribution in [0, 0.1) is 11.3 Å². The Morgan fingerprint density at radius 1 is 1.26 bits per heavy atom. The molecule has 0 fully saturated rings. The summed E-state index contributed by atoms with van der Waals surface area (Å²) < 4.78 is 8.87. The van der Waals surface area contributed by atoms with Gasteiger partial charge < -0.3 is 9.33 Å². The molecule has 0 aliphatic heterocycles. The molecule has 1 aromatic carbocycles. The van der Waals surface area contributed by atoms with Crippen molar-refractivity contribution >= 4 is 41.4 Å². The zero-order chi connectivity index (χ0) is 22.8. The highest BCUT2D eigenvalue weighted by atomic mass is 79.9. The van der Waals surface area contributed by atoms with Crippen molar-refractivity contribution in [1.29, 1.82) is 5.26 Å². The van der Waals surface area contributed by atoms with E-state index in [4.69, 9.17) is 9.69 Å². The lowest BCUT2D eigenvalue weighted by Crippen LogP contribution is -2.43. The number of nitrogens with zero attached hydrogens (tertiary/aromatic N) is 4. The predicted molar refractivity (Wildman–Crippen MR) is 129 cm³/mol. The summed E-state index contributed by atoms with van der Waals surface area (Å²) >= 11 is 3.48. The van der Waals surface area contributed by atoms with Crippen molar-refractivity contribution in [3.63, 3.8) is 0 Å². The normalized spacial score (nSPS) is 12.0. The number of hydrogen-bond donors (Lipinski definition) is 0. The van der Waals surface area contributed by atoms with Gasteiger partial charge in [0.25, 0.3) is 5.91 Å². The van der Waals surface area contributed by atoms with E-state index < -0.39 is 8.32 Å². The van der Waals surface area contributed by atoms with Gasteiger partial charge in [0.2, 0.25) is 0 Å². The summed E-state index contributed by atoms with van der Waals surface area (Å²) in [7, 11) is -1.93. The highest BCUT2D eigenvalue weighted by Crippen LogP contribution is 2.36. The maximum Gasteiger partial charge on any atom is 0.258 e. The number of benzene rings is 1. The lowest BCUT2D eigenvalue weighted by molar-refractivity contribution is 0.0981. The Morgan fingerprint density at radius 2 is 1.94 bits per heavy atom. The van der Waals surface area contributed by atoms with Crippen LogP contribution in [0.4, 0.5) is 5.69 Å².